The molecule has 7 heteroatoms. The van der Waals surface area contributed by atoms with E-state index in [1.165, 1.54) is 11.8 Å². The van der Waals surface area contributed by atoms with Gasteiger partial charge in [0.1, 0.15) is 5.75 Å². The van der Waals surface area contributed by atoms with Crippen LogP contribution in [0.2, 0.25) is 0 Å². The second-order valence-corrected chi connectivity index (χ2v) is 5.23. The van der Waals surface area contributed by atoms with Crippen molar-refractivity contribution in [3.8, 4) is 5.75 Å². The molecule has 22 heavy (non-hydrogen) atoms. The number of rotatable bonds is 6. The molecule has 1 N–H and O–H groups in total. The van der Waals surface area contributed by atoms with Crippen molar-refractivity contribution >= 4 is 23.4 Å². The van der Waals surface area contributed by atoms with Crippen molar-refractivity contribution in [1.29, 1.82) is 0 Å². The first-order chi connectivity index (χ1) is 10.7. The topological polar surface area (TPSA) is 76.5 Å². The number of thioether (sulfide) groups is 1. The van der Waals surface area contributed by atoms with Crippen molar-refractivity contribution in [2.24, 2.45) is 5.10 Å². The summed E-state index contributed by atoms with van der Waals surface area (Å²) in [6.45, 7) is 1.82. The van der Waals surface area contributed by atoms with Gasteiger partial charge in [0.05, 0.1) is 18.6 Å². The molecule has 0 saturated carbocycles. The summed E-state index contributed by atoms with van der Waals surface area (Å²) in [6, 6.07) is 9.22. The van der Waals surface area contributed by atoms with Crippen molar-refractivity contribution in [1.82, 2.24) is 15.4 Å². The maximum atomic E-state index is 11.8. The smallest absolute Gasteiger partial charge is 0.250 e. The predicted octanol–water partition coefficient (Wildman–Crippen LogP) is 2.12. The number of methoxy groups -OCH3 is 1. The summed E-state index contributed by atoms with van der Waals surface area (Å²) in [5.41, 5.74) is 4.11. The molecule has 1 amide bonds. The molecule has 0 saturated heterocycles. The molecular weight excluding hydrogens is 300 g/mol. The molecule has 114 valence electrons. The van der Waals surface area contributed by atoms with Crippen LogP contribution < -0.4 is 10.2 Å². The SMILES string of the molecule is COc1cccc(/C(C)=N/NC(=O)CSc2ncccn2)c1. The zero-order valence-corrected chi connectivity index (χ0v) is 13.1. The molecule has 1 aromatic carbocycles. The molecule has 0 unspecified atom stereocenters. The van der Waals surface area contributed by atoms with E-state index in [2.05, 4.69) is 20.5 Å². The average molecular weight is 316 g/mol. The number of hydrogen-bond acceptors (Lipinski definition) is 6. The van der Waals surface area contributed by atoms with E-state index < -0.39 is 0 Å². The molecule has 1 aromatic heterocycles. The van der Waals surface area contributed by atoms with E-state index in [0.717, 1.165) is 11.3 Å². The number of ether oxygens (including phenoxy) is 1. The van der Waals surface area contributed by atoms with E-state index in [4.69, 9.17) is 4.74 Å². The molecule has 0 aliphatic heterocycles. The van der Waals surface area contributed by atoms with Crippen molar-refractivity contribution in [3.05, 3.63) is 48.3 Å². The zero-order chi connectivity index (χ0) is 15.8. The van der Waals surface area contributed by atoms with Gasteiger partial charge in [0, 0.05) is 18.0 Å². The first kappa shape index (κ1) is 16.0. The number of hydrazone groups is 1. The number of benzene rings is 1. The van der Waals surface area contributed by atoms with Gasteiger partial charge in [-0.2, -0.15) is 5.10 Å². The second kappa shape index (κ2) is 8.14. The predicted molar refractivity (Wildman–Crippen MR) is 86.1 cm³/mol. The minimum absolute atomic E-state index is 0.207. The fourth-order valence-electron chi connectivity index (χ4n) is 1.58. The second-order valence-electron chi connectivity index (χ2n) is 4.28. The van der Waals surface area contributed by atoms with Gasteiger partial charge >= 0.3 is 0 Å². The van der Waals surface area contributed by atoms with E-state index in [1.54, 1.807) is 25.6 Å². The van der Waals surface area contributed by atoms with Gasteiger partial charge in [-0.25, -0.2) is 15.4 Å². The van der Waals surface area contributed by atoms with E-state index >= 15 is 0 Å². The molecule has 0 spiro atoms. The van der Waals surface area contributed by atoms with Crippen LogP contribution in [0.5, 0.6) is 5.75 Å². The molecule has 0 fully saturated rings. The van der Waals surface area contributed by atoms with Crippen LogP contribution in [0.4, 0.5) is 0 Å². The monoisotopic (exact) mass is 316 g/mol. The first-order valence-corrected chi connectivity index (χ1v) is 7.55. The lowest BCUT2D eigenvalue weighted by molar-refractivity contribution is -0.118. The third-order valence-electron chi connectivity index (χ3n) is 2.71. The molecule has 0 radical (unpaired) electrons. The zero-order valence-electron chi connectivity index (χ0n) is 12.3. The highest BCUT2D eigenvalue weighted by Gasteiger charge is 2.04. The standard InChI is InChI=1S/C15H16N4O2S/c1-11(12-5-3-6-13(9-12)21-2)18-19-14(20)10-22-15-16-7-4-8-17-15/h3-9H,10H2,1-2H3,(H,19,20)/b18-11+. The maximum absolute atomic E-state index is 11.8. The van der Waals surface area contributed by atoms with Gasteiger partial charge < -0.3 is 4.74 Å². The van der Waals surface area contributed by atoms with Gasteiger partial charge in [0.2, 0.25) is 0 Å². The minimum atomic E-state index is -0.209. The molecule has 0 aliphatic rings. The lowest BCUT2D eigenvalue weighted by Gasteiger charge is -2.05. The highest BCUT2D eigenvalue weighted by Crippen LogP contribution is 2.13. The van der Waals surface area contributed by atoms with Crippen molar-refractivity contribution in [2.75, 3.05) is 12.9 Å². The largest absolute Gasteiger partial charge is 0.497 e. The molecule has 2 rings (SSSR count). The summed E-state index contributed by atoms with van der Waals surface area (Å²) < 4.78 is 5.16. The van der Waals surface area contributed by atoms with E-state index in [-0.39, 0.29) is 11.7 Å². The van der Waals surface area contributed by atoms with Crippen LogP contribution in [0, 0.1) is 0 Å². The molecule has 1 heterocycles. The Morgan fingerprint density at radius 1 is 1.32 bits per heavy atom. The molecule has 0 bridgehead atoms. The molecule has 0 aliphatic carbocycles. The summed E-state index contributed by atoms with van der Waals surface area (Å²) >= 11 is 1.26. The van der Waals surface area contributed by atoms with Gasteiger partial charge in [0.25, 0.3) is 5.91 Å². The Bertz CT molecular complexity index is 662. The van der Waals surface area contributed by atoms with Gasteiger partial charge in [0.15, 0.2) is 5.16 Å². The molecule has 0 atom stereocenters. The molecular formula is C15H16N4O2S. The number of aromatic nitrogens is 2. The Morgan fingerprint density at radius 3 is 2.82 bits per heavy atom. The van der Waals surface area contributed by atoms with Crippen molar-refractivity contribution in [2.45, 2.75) is 12.1 Å². The fourth-order valence-corrected chi connectivity index (χ4v) is 2.18. The summed E-state index contributed by atoms with van der Waals surface area (Å²) in [4.78, 5) is 19.8. The van der Waals surface area contributed by atoms with Crippen LogP contribution in [0.1, 0.15) is 12.5 Å². The van der Waals surface area contributed by atoms with Gasteiger partial charge in [-0.15, -0.1) is 0 Å². The van der Waals surface area contributed by atoms with Crippen LogP contribution in [-0.2, 0) is 4.79 Å². The van der Waals surface area contributed by atoms with Gasteiger partial charge in [-0.1, -0.05) is 23.9 Å². The van der Waals surface area contributed by atoms with Crippen molar-refractivity contribution < 1.29 is 9.53 Å². The van der Waals surface area contributed by atoms with Crippen LogP contribution in [0.25, 0.3) is 0 Å². The minimum Gasteiger partial charge on any atom is -0.497 e. The van der Waals surface area contributed by atoms with Crippen LogP contribution in [0.15, 0.2) is 53.0 Å². The van der Waals surface area contributed by atoms with Crippen LogP contribution in [0.3, 0.4) is 0 Å². The lowest BCUT2D eigenvalue weighted by atomic mass is 10.1. The number of amides is 1. The molecule has 6 nitrogen and oxygen atoms in total. The van der Waals surface area contributed by atoms with Gasteiger partial charge in [-0.05, 0) is 25.1 Å². The third kappa shape index (κ3) is 4.85. The first-order valence-electron chi connectivity index (χ1n) is 6.56. The Morgan fingerprint density at radius 2 is 2.09 bits per heavy atom. The van der Waals surface area contributed by atoms with Crippen LogP contribution in [-0.4, -0.2) is 34.4 Å². The maximum Gasteiger partial charge on any atom is 0.250 e. The Kier molecular flexibility index (Phi) is 5.91. The number of hydrogen-bond donors (Lipinski definition) is 1. The fraction of sp³-hybridized carbons (Fsp3) is 0.200. The lowest BCUT2D eigenvalue weighted by Crippen LogP contribution is -2.21. The number of nitrogens with zero attached hydrogens (tertiary/aromatic N) is 3. The molecule has 2 aromatic rings. The Balaban J connectivity index is 1.88. The van der Waals surface area contributed by atoms with Gasteiger partial charge in [-0.3, -0.25) is 4.79 Å². The number of nitrogens with one attached hydrogen (secondary N) is 1. The highest BCUT2D eigenvalue weighted by atomic mass is 32.2. The summed E-state index contributed by atoms with van der Waals surface area (Å²) in [5.74, 6) is 0.744. The highest BCUT2D eigenvalue weighted by molar-refractivity contribution is 7.99. The average Bonchev–Trinajstić information content (AvgIpc) is 2.58. The number of carbonyl (C=O) groups is 1. The summed E-state index contributed by atoms with van der Waals surface area (Å²) in [5, 5.41) is 4.65. The van der Waals surface area contributed by atoms with Crippen molar-refractivity contribution in [3.63, 3.8) is 0 Å². The summed E-state index contributed by atoms with van der Waals surface area (Å²) in [7, 11) is 1.61. The normalized spacial score (nSPS) is 11.1. The van der Waals surface area contributed by atoms with E-state index in [0.29, 0.717) is 10.9 Å². The Hall–Kier alpha value is -2.41. The summed E-state index contributed by atoms with van der Waals surface area (Å²) in [6.07, 6.45) is 3.27. The number of carbonyl (C=O) groups excluding carboxylic acids is 1. The van der Waals surface area contributed by atoms with E-state index in [9.17, 15) is 4.79 Å². The van der Waals surface area contributed by atoms with E-state index in [1.807, 2.05) is 31.2 Å². The third-order valence-corrected chi connectivity index (χ3v) is 3.59. The Labute approximate surface area is 133 Å². The quantitative estimate of drug-likeness (QED) is 0.382. The van der Waals surface area contributed by atoms with Crippen LogP contribution >= 0.6 is 11.8 Å².